The van der Waals surface area contributed by atoms with E-state index in [1.165, 1.54) is 11.3 Å². The van der Waals surface area contributed by atoms with E-state index in [4.69, 9.17) is 0 Å². The fraction of sp³-hybridized carbons (Fsp3) is 0.529. The van der Waals surface area contributed by atoms with Gasteiger partial charge in [-0.1, -0.05) is 12.5 Å². The number of hydrogen-bond acceptors (Lipinski definition) is 5. The van der Waals surface area contributed by atoms with Crippen molar-refractivity contribution >= 4 is 27.3 Å². The number of carbonyl (C=O) groups is 1. The lowest BCUT2D eigenvalue weighted by atomic mass is 9.86. The Bertz CT molecular complexity index is 830. The second-order valence-electron chi connectivity index (χ2n) is 6.73. The first-order valence-electron chi connectivity index (χ1n) is 8.75. The molecule has 1 amide bonds. The molecule has 2 aromatic heterocycles. The first kappa shape index (κ1) is 19.1. The monoisotopic (exact) mass is 396 g/mol. The van der Waals surface area contributed by atoms with Gasteiger partial charge < -0.3 is 10.3 Å². The maximum atomic E-state index is 12.2. The minimum absolute atomic E-state index is 0.0370. The van der Waals surface area contributed by atoms with Crippen LogP contribution in [0.4, 0.5) is 0 Å². The fourth-order valence-corrected chi connectivity index (χ4v) is 5.47. The molecule has 0 radical (unpaired) electrons. The lowest BCUT2D eigenvalue weighted by Crippen LogP contribution is -2.41. The minimum Gasteiger partial charge on any atom is -0.353 e. The van der Waals surface area contributed by atoms with Crippen molar-refractivity contribution < 1.29 is 13.2 Å². The largest absolute Gasteiger partial charge is 0.353 e. The third kappa shape index (κ3) is 4.93. The van der Waals surface area contributed by atoms with Crippen LogP contribution in [0.5, 0.6) is 0 Å². The number of aromatic nitrogens is 2. The standard InChI is InChI=1S/C17H24N4O3S2/c1-12-15(19-11-18-12)9-16(22)21-14-5-2-4-13(8-14)10-20-26(23,24)17-6-3-7-25-17/h3,6-7,11,13-14,20H,2,4-5,8-10H2,1H3,(H,18,19)(H,21,22)/t13-,14+/m1/s1. The molecular formula is C17H24N4O3S2. The van der Waals surface area contributed by atoms with Crippen molar-refractivity contribution in [2.75, 3.05) is 6.54 Å². The van der Waals surface area contributed by atoms with Crippen LogP contribution in [0.2, 0.25) is 0 Å². The Kier molecular flexibility index (Phi) is 6.10. The van der Waals surface area contributed by atoms with Crippen LogP contribution in [0.3, 0.4) is 0 Å². The molecule has 0 aliphatic heterocycles. The highest BCUT2D eigenvalue weighted by atomic mass is 32.2. The molecule has 0 unspecified atom stereocenters. The average molecular weight is 397 g/mol. The van der Waals surface area contributed by atoms with Crippen LogP contribution in [-0.2, 0) is 21.2 Å². The van der Waals surface area contributed by atoms with E-state index in [2.05, 4.69) is 20.0 Å². The molecule has 1 fully saturated rings. The smallest absolute Gasteiger partial charge is 0.250 e. The molecule has 2 atom stereocenters. The van der Waals surface area contributed by atoms with Crippen molar-refractivity contribution in [2.45, 2.75) is 49.3 Å². The number of H-pyrrole nitrogens is 1. The highest BCUT2D eigenvalue weighted by Crippen LogP contribution is 2.25. The van der Waals surface area contributed by atoms with Gasteiger partial charge in [-0.25, -0.2) is 18.1 Å². The summed E-state index contributed by atoms with van der Waals surface area (Å²) >= 11 is 1.21. The second kappa shape index (κ2) is 8.32. The summed E-state index contributed by atoms with van der Waals surface area (Å²) in [6.45, 7) is 2.30. The summed E-state index contributed by atoms with van der Waals surface area (Å²) < 4.78 is 27.5. The molecular weight excluding hydrogens is 372 g/mol. The molecule has 0 spiro atoms. The second-order valence-corrected chi connectivity index (χ2v) is 9.67. The number of aromatic amines is 1. The number of amides is 1. The maximum absolute atomic E-state index is 12.2. The van der Waals surface area contributed by atoms with Crippen LogP contribution in [-0.4, -0.2) is 36.9 Å². The lowest BCUT2D eigenvalue weighted by molar-refractivity contribution is -0.121. The van der Waals surface area contributed by atoms with Gasteiger partial charge in [0.25, 0.3) is 0 Å². The Labute approximate surface area is 157 Å². The van der Waals surface area contributed by atoms with Crippen molar-refractivity contribution in [2.24, 2.45) is 5.92 Å². The molecule has 0 aromatic carbocycles. The number of rotatable bonds is 7. The summed E-state index contributed by atoms with van der Waals surface area (Å²) in [7, 11) is -3.43. The number of carbonyl (C=O) groups excluding carboxylic acids is 1. The van der Waals surface area contributed by atoms with E-state index >= 15 is 0 Å². The van der Waals surface area contributed by atoms with E-state index in [0.29, 0.717) is 10.8 Å². The summed E-state index contributed by atoms with van der Waals surface area (Å²) in [5, 5.41) is 4.82. The first-order valence-corrected chi connectivity index (χ1v) is 11.1. The van der Waals surface area contributed by atoms with Crippen molar-refractivity contribution in [1.29, 1.82) is 0 Å². The van der Waals surface area contributed by atoms with Crippen molar-refractivity contribution in [1.82, 2.24) is 20.0 Å². The zero-order chi connectivity index (χ0) is 18.6. The van der Waals surface area contributed by atoms with Gasteiger partial charge in [0.2, 0.25) is 15.9 Å². The van der Waals surface area contributed by atoms with E-state index in [9.17, 15) is 13.2 Å². The van der Waals surface area contributed by atoms with Crippen LogP contribution < -0.4 is 10.0 Å². The molecule has 3 N–H and O–H groups in total. The molecule has 2 aromatic rings. The Hall–Kier alpha value is -1.71. The van der Waals surface area contributed by atoms with Crippen LogP contribution in [0.1, 0.15) is 37.1 Å². The fourth-order valence-electron chi connectivity index (χ4n) is 3.32. The molecule has 7 nitrogen and oxygen atoms in total. The zero-order valence-electron chi connectivity index (χ0n) is 14.7. The van der Waals surface area contributed by atoms with Gasteiger partial charge in [0.05, 0.1) is 18.4 Å². The molecule has 1 aliphatic carbocycles. The normalized spacial score (nSPS) is 20.8. The van der Waals surface area contributed by atoms with E-state index in [1.54, 1.807) is 23.8 Å². The van der Waals surface area contributed by atoms with Gasteiger partial charge >= 0.3 is 0 Å². The summed E-state index contributed by atoms with van der Waals surface area (Å²) in [5.41, 5.74) is 1.67. The van der Waals surface area contributed by atoms with Gasteiger partial charge in [0, 0.05) is 18.3 Å². The topological polar surface area (TPSA) is 104 Å². The lowest BCUT2D eigenvalue weighted by Gasteiger charge is -2.29. The highest BCUT2D eigenvalue weighted by Gasteiger charge is 2.25. The van der Waals surface area contributed by atoms with E-state index < -0.39 is 10.0 Å². The molecule has 9 heteroatoms. The molecule has 2 heterocycles. The Morgan fingerprint density at radius 3 is 2.96 bits per heavy atom. The van der Waals surface area contributed by atoms with Crippen molar-refractivity contribution in [3.8, 4) is 0 Å². The summed E-state index contributed by atoms with van der Waals surface area (Å²) in [6, 6.07) is 3.42. The number of imidazole rings is 1. The number of thiophene rings is 1. The summed E-state index contributed by atoms with van der Waals surface area (Å²) in [6.07, 6.45) is 5.53. The van der Waals surface area contributed by atoms with Gasteiger partial charge in [-0.15, -0.1) is 11.3 Å². The number of nitrogens with zero attached hydrogens (tertiary/aromatic N) is 1. The third-order valence-corrected chi connectivity index (χ3v) is 7.55. The van der Waals surface area contributed by atoms with E-state index in [-0.39, 0.29) is 24.3 Å². The van der Waals surface area contributed by atoms with E-state index in [1.807, 2.05) is 6.92 Å². The number of sulfonamides is 1. The molecule has 0 bridgehead atoms. The van der Waals surface area contributed by atoms with Gasteiger partial charge in [-0.3, -0.25) is 4.79 Å². The maximum Gasteiger partial charge on any atom is 0.250 e. The van der Waals surface area contributed by atoms with E-state index in [0.717, 1.165) is 37.1 Å². The predicted octanol–water partition coefficient (Wildman–Crippen LogP) is 1.98. The average Bonchev–Trinajstić information content (AvgIpc) is 3.26. The number of hydrogen-bond donors (Lipinski definition) is 3. The highest BCUT2D eigenvalue weighted by molar-refractivity contribution is 7.91. The van der Waals surface area contributed by atoms with Crippen LogP contribution in [0, 0.1) is 12.8 Å². The van der Waals surface area contributed by atoms with Crippen LogP contribution in [0.15, 0.2) is 28.0 Å². The number of nitrogens with one attached hydrogen (secondary N) is 3. The first-order chi connectivity index (χ1) is 12.4. The SMILES string of the molecule is Cc1[nH]cnc1CC(=O)N[C@H]1CCC[C@@H](CNS(=O)(=O)c2cccs2)C1. The minimum atomic E-state index is -3.43. The van der Waals surface area contributed by atoms with Crippen LogP contribution in [0.25, 0.3) is 0 Å². The molecule has 1 saturated carbocycles. The van der Waals surface area contributed by atoms with Gasteiger partial charge in [-0.05, 0) is 43.6 Å². The zero-order valence-corrected chi connectivity index (χ0v) is 16.3. The summed E-state index contributed by atoms with van der Waals surface area (Å²) in [5.74, 6) is 0.195. The van der Waals surface area contributed by atoms with Crippen LogP contribution >= 0.6 is 11.3 Å². The molecule has 26 heavy (non-hydrogen) atoms. The summed E-state index contributed by atoms with van der Waals surface area (Å²) in [4.78, 5) is 19.4. The number of aryl methyl sites for hydroxylation is 1. The molecule has 1 aliphatic rings. The predicted molar refractivity (Wildman–Crippen MR) is 100 cm³/mol. The molecule has 0 saturated heterocycles. The molecule has 3 rings (SSSR count). The van der Waals surface area contributed by atoms with Crippen molar-refractivity contribution in [3.63, 3.8) is 0 Å². The third-order valence-electron chi connectivity index (χ3n) is 4.73. The Balaban J connectivity index is 1.48. The van der Waals surface area contributed by atoms with Gasteiger partial charge in [0.15, 0.2) is 0 Å². The Morgan fingerprint density at radius 1 is 1.42 bits per heavy atom. The quantitative estimate of drug-likeness (QED) is 0.666. The van der Waals surface area contributed by atoms with Gasteiger partial charge in [0.1, 0.15) is 4.21 Å². The molecule has 142 valence electrons. The Morgan fingerprint density at radius 2 is 2.27 bits per heavy atom. The van der Waals surface area contributed by atoms with Crippen molar-refractivity contribution in [3.05, 3.63) is 35.2 Å². The van der Waals surface area contributed by atoms with Gasteiger partial charge in [-0.2, -0.15) is 0 Å².